The maximum atomic E-state index is 12.2. The molecule has 0 unspecified atom stereocenters. The highest BCUT2D eigenvalue weighted by atomic mass is 32.2. The van der Waals surface area contributed by atoms with Crippen LogP contribution in [0.4, 0.5) is 5.69 Å². The number of thioether (sulfide) groups is 1. The number of nitrogens with zero attached hydrogens (tertiary/aromatic N) is 4. The summed E-state index contributed by atoms with van der Waals surface area (Å²) in [6.45, 7) is 1.47. The zero-order valence-corrected chi connectivity index (χ0v) is 15.2. The molecule has 0 atom stereocenters. The SMILES string of the molecule is CC(=O)c1ccccc1NC(=O)CSc1nnc(-c2cccnc2)n1C. The summed E-state index contributed by atoms with van der Waals surface area (Å²) < 4.78 is 1.82. The summed E-state index contributed by atoms with van der Waals surface area (Å²) in [6.07, 6.45) is 3.41. The highest BCUT2D eigenvalue weighted by molar-refractivity contribution is 7.99. The molecule has 2 heterocycles. The minimum Gasteiger partial charge on any atom is -0.325 e. The number of benzene rings is 1. The Kier molecular flexibility index (Phi) is 5.43. The first-order valence-corrected chi connectivity index (χ1v) is 8.87. The number of para-hydroxylation sites is 1. The van der Waals surface area contributed by atoms with Crippen molar-refractivity contribution < 1.29 is 9.59 Å². The fraction of sp³-hybridized carbons (Fsp3) is 0.167. The zero-order chi connectivity index (χ0) is 18.5. The summed E-state index contributed by atoms with van der Waals surface area (Å²) >= 11 is 1.28. The van der Waals surface area contributed by atoms with Crippen molar-refractivity contribution in [2.75, 3.05) is 11.1 Å². The van der Waals surface area contributed by atoms with Crippen LogP contribution >= 0.6 is 11.8 Å². The van der Waals surface area contributed by atoms with E-state index in [1.807, 2.05) is 23.7 Å². The zero-order valence-electron chi connectivity index (χ0n) is 14.3. The highest BCUT2D eigenvalue weighted by Crippen LogP contribution is 2.22. The second kappa shape index (κ2) is 7.92. The molecule has 0 bridgehead atoms. The number of amides is 1. The van der Waals surface area contributed by atoms with Gasteiger partial charge in [0.05, 0.1) is 11.4 Å². The van der Waals surface area contributed by atoms with Crippen molar-refractivity contribution in [2.24, 2.45) is 7.05 Å². The van der Waals surface area contributed by atoms with E-state index in [0.29, 0.717) is 22.2 Å². The molecular weight excluding hydrogens is 350 g/mol. The van der Waals surface area contributed by atoms with Crippen LogP contribution in [0.15, 0.2) is 53.9 Å². The van der Waals surface area contributed by atoms with E-state index >= 15 is 0 Å². The number of anilines is 1. The molecule has 7 nitrogen and oxygen atoms in total. The first-order chi connectivity index (χ1) is 12.6. The smallest absolute Gasteiger partial charge is 0.234 e. The predicted octanol–water partition coefficient (Wildman–Crippen LogP) is 2.81. The van der Waals surface area contributed by atoms with Gasteiger partial charge in [-0.15, -0.1) is 10.2 Å². The Hall–Kier alpha value is -3.00. The van der Waals surface area contributed by atoms with Gasteiger partial charge in [-0.05, 0) is 31.2 Å². The van der Waals surface area contributed by atoms with Crippen LogP contribution in [0.3, 0.4) is 0 Å². The first-order valence-electron chi connectivity index (χ1n) is 7.88. The fourth-order valence-electron chi connectivity index (χ4n) is 2.40. The molecule has 2 aromatic heterocycles. The van der Waals surface area contributed by atoms with Gasteiger partial charge in [-0.25, -0.2) is 0 Å². The van der Waals surface area contributed by atoms with Gasteiger partial charge < -0.3 is 9.88 Å². The number of nitrogens with one attached hydrogen (secondary N) is 1. The van der Waals surface area contributed by atoms with Crippen molar-refractivity contribution >= 4 is 29.1 Å². The van der Waals surface area contributed by atoms with Crippen molar-refractivity contribution in [3.05, 3.63) is 54.4 Å². The van der Waals surface area contributed by atoms with E-state index in [-0.39, 0.29) is 17.4 Å². The molecule has 0 aliphatic rings. The molecule has 0 aliphatic carbocycles. The van der Waals surface area contributed by atoms with Crippen LogP contribution in [0.5, 0.6) is 0 Å². The van der Waals surface area contributed by atoms with Crippen LogP contribution < -0.4 is 5.32 Å². The number of aromatic nitrogens is 4. The molecule has 0 saturated carbocycles. The normalized spacial score (nSPS) is 10.5. The number of ketones is 1. The third-order valence-corrected chi connectivity index (χ3v) is 4.69. The van der Waals surface area contributed by atoms with E-state index < -0.39 is 0 Å². The fourth-order valence-corrected chi connectivity index (χ4v) is 3.11. The number of carbonyl (C=O) groups excluding carboxylic acids is 2. The monoisotopic (exact) mass is 367 g/mol. The molecule has 0 radical (unpaired) electrons. The van der Waals surface area contributed by atoms with Crippen LogP contribution in [0.1, 0.15) is 17.3 Å². The van der Waals surface area contributed by atoms with Gasteiger partial charge in [0.15, 0.2) is 16.8 Å². The Morgan fingerprint density at radius 1 is 1.15 bits per heavy atom. The molecule has 0 spiro atoms. The number of pyridine rings is 1. The summed E-state index contributed by atoms with van der Waals surface area (Å²) in [5, 5.41) is 11.7. The molecule has 8 heteroatoms. The van der Waals surface area contributed by atoms with Gasteiger partial charge in [0.2, 0.25) is 5.91 Å². The molecule has 26 heavy (non-hydrogen) atoms. The lowest BCUT2D eigenvalue weighted by molar-refractivity contribution is -0.113. The Bertz CT molecular complexity index is 940. The topological polar surface area (TPSA) is 89.8 Å². The quantitative estimate of drug-likeness (QED) is 0.532. The van der Waals surface area contributed by atoms with E-state index in [9.17, 15) is 9.59 Å². The summed E-state index contributed by atoms with van der Waals surface area (Å²) in [6, 6.07) is 10.7. The average Bonchev–Trinajstić information content (AvgIpc) is 3.01. The third-order valence-electron chi connectivity index (χ3n) is 3.67. The van der Waals surface area contributed by atoms with E-state index in [2.05, 4.69) is 20.5 Å². The van der Waals surface area contributed by atoms with Crippen LogP contribution in [0, 0.1) is 0 Å². The molecule has 1 N–H and O–H groups in total. The van der Waals surface area contributed by atoms with E-state index in [1.54, 1.807) is 36.7 Å². The van der Waals surface area contributed by atoms with Gasteiger partial charge in [-0.3, -0.25) is 14.6 Å². The lowest BCUT2D eigenvalue weighted by atomic mass is 10.1. The van der Waals surface area contributed by atoms with Crippen LogP contribution in [0.2, 0.25) is 0 Å². The van der Waals surface area contributed by atoms with Gasteiger partial charge in [-0.1, -0.05) is 23.9 Å². The van der Waals surface area contributed by atoms with Crippen molar-refractivity contribution in [2.45, 2.75) is 12.1 Å². The summed E-state index contributed by atoms with van der Waals surface area (Å²) in [4.78, 5) is 27.9. The number of Topliss-reactive ketones (excluding diaryl/α,β-unsaturated/α-hetero) is 1. The van der Waals surface area contributed by atoms with Crippen molar-refractivity contribution in [1.82, 2.24) is 19.7 Å². The molecule has 0 saturated heterocycles. The molecular formula is C18H17N5O2S. The molecule has 0 fully saturated rings. The maximum Gasteiger partial charge on any atom is 0.234 e. The molecule has 1 aromatic carbocycles. The number of rotatable bonds is 6. The predicted molar refractivity (Wildman–Crippen MR) is 100 cm³/mol. The van der Waals surface area contributed by atoms with Crippen molar-refractivity contribution in [3.63, 3.8) is 0 Å². The average molecular weight is 367 g/mol. The van der Waals surface area contributed by atoms with E-state index in [4.69, 9.17) is 0 Å². The summed E-state index contributed by atoms with van der Waals surface area (Å²) in [5.41, 5.74) is 1.86. The molecule has 1 amide bonds. The molecule has 3 rings (SSSR count). The second-order valence-corrected chi connectivity index (χ2v) is 6.49. The lowest BCUT2D eigenvalue weighted by Crippen LogP contribution is -2.16. The van der Waals surface area contributed by atoms with Gasteiger partial charge >= 0.3 is 0 Å². The third kappa shape index (κ3) is 3.97. The Labute approximate surface area is 154 Å². The lowest BCUT2D eigenvalue weighted by Gasteiger charge is -2.08. The van der Waals surface area contributed by atoms with Crippen molar-refractivity contribution in [1.29, 1.82) is 0 Å². The minimum absolute atomic E-state index is 0.0945. The number of hydrogen-bond acceptors (Lipinski definition) is 6. The first kappa shape index (κ1) is 17.8. The summed E-state index contributed by atoms with van der Waals surface area (Å²) in [5.74, 6) is 0.533. The Morgan fingerprint density at radius 3 is 2.69 bits per heavy atom. The van der Waals surface area contributed by atoms with E-state index in [0.717, 1.165) is 5.56 Å². The summed E-state index contributed by atoms with van der Waals surface area (Å²) in [7, 11) is 1.84. The van der Waals surface area contributed by atoms with E-state index in [1.165, 1.54) is 18.7 Å². The number of carbonyl (C=O) groups is 2. The standard InChI is InChI=1S/C18H17N5O2S/c1-12(24)14-7-3-4-8-15(14)20-16(25)11-26-18-22-21-17(23(18)2)13-6-5-9-19-10-13/h3-10H,11H2,1-2H3,(H,20,25). The largest absolute Gasteiger partial charge is 0.325 e. The maximum absolute atomic E-state index is 12.2. The van der Waals surface area contributed by atoms with Crippen LogP contribution in [-0.2, 0) is 11.8 Å². The highest BCUT2D eigenvalue weighted by Gasteiger charge is 2.14. The molecule has 132 valence electrons. The molecule has 0 aliphatic heterocycles. The Morgan fingerprint density at radius 2 is 1.96 bits per heavy atom. The van der Waals surface area contributed by atoms with Gasteiger partial charge in [0, 0.05) is 30.6 Å². The molecule has 3 aromatic rings. The van der Waals surface area contributed by atoms with Gasteiger partial charge in [0.1, 0.15) is 0 Å². The van der Waals surface area contributed by atoms with Crippen LogP contribution in [0.25, 0.3) is 11.4 Å². The van der Waals surface area contributed by atoms with Gasteiger partial charge in [0.25, 0.3) is 0 Å². The minimum atomic E-state index is -0.213. The van der Waals surface area contributed by atoms with Crippen molar-refractivity contribution in [3.8, 4) is 11.4 Å². The number of hydrogen-bond donors (Lipinski definition) is 1. The van der Waals surface area contributed by atoms with Gasteiger partial charge in [-0.2, -0.15) is 0 Å². The Balaban J connectivity index is 1.66. The second-order valence-electron chi connectivity index (χ2n) is 5.55. The van der Waals surface area contributed by atoms with Crippen LogP contribution in [-0.4, -0.2) is 37.2 Å².